The number of aromatic nitrogens is 1. The molecule has 0 amide bonds. The van der Waals surface area contributed by atoms with E-state index in [0.717, 1.165) is 36.0 Å². The van der Waals surface area contributed by atoms with E-state index >= 15 is 0 Å². The quantitative estimate of drug-likeness (QED) is 0.677. The standard InChI is InChI=1S/C17H18N2O/c1-18-8-7-12-11(10-18)9-14-13-5-3-4-6-15(13)19(2)16(14)17(12)20/h3-6,9,20H,7-8,10H2,1-2H3. The van der Waals surface area contributed by atoms with Gasteiger partial charge in [0.05, 0.1) is 5.52 Å². The van der Waals surface area contributed by atoms with Gasteiger partial charge in [-0.15, -0.1) is 0 Å². The number of hydrogen-bond acceptors (Lipinski definition) is 2. The molecule has 0 fully saturated rings. The maximum atomic E-state index is 10.7. The van der Waals surface area contributed by atoms with Crippen molar-refractivity contribution in [3.8, 4) is 5.75 Å². The first-order valence-electron chi connectivity index (χ1n) is 7.06. The lowest BCUT2D eigenvalue weighted by atomic mass is 9.96. The SMILES string of the molecule is CN1CCc2c(cc3c4ccccc4n(C)c3c2O)C1. The lowest BCUT2D eigenvalue weighted by Gasteiger charge is -2.26. The molecule has 2 heterocycles. The molecule has 0 saturated carbocycles. The Hall–Kier alpha value is -2.00. The van der Waals surface area contributed by atoms with E-state index in [9.17, 15) is 5.11 Å². The van der Waals surface area contributed by atoms with Gasteiger partial charge in [-0.25, -0.2) is 0 Å². The molecule has 3 heteroatoms. The van der Waals surface area contributed by atoms with Crippen molar-refractivity contribution in [3.63, 3.8) is 0 Å². The summed E-state index contributed by atoms with van der Waals surface area (Å²) in [5.74, 6) is 0.476. The van der Waals surface area contributed by atoms with E-state index in [1.807, 2.05) is 13.1 Å². The molecule has 3 aromatic rings. The van der Waals surface area contributed by atoms with Crippen LogP contribution < -0.4 is 0 Å². The molecular formula is C17H18N2O. The molecule has 0 unspecified atom stereocenters. The predicted molar refractivity (Wildman–Crippen MR) is 82.1 cm³/mol. The Labute approximate surface area is 118 Å². The fourth-order valence-corrected chi connectivity index (χ4v) is 3.50. The van der Waals surface area contributed by atoms with E-state index in [4.69, 9.17) is 0 Å². The highest BCUT2D eigenvalue weighted by Gasteiger charge is 2.21. The molecule has 0 radical (unpaired) electrons. The van der Waals surface area contributed by atoms with Crippen molar-refractivity contribution < 1.29 is 5.11 Å². The molecule has 0 aliphatic carbocycles. The van der Waals surface area contributed by atoms with Gasteiger partial charge in [-0.1, -0.05) is 18.2 Å². The molecule has 1 aliphatic heterocycles. The normalized spacial score (nSPS) is 15.9. The van der Waals surface area contributed by atoms with Crippen LogP contribution in [0.15, 0.2) is 30.3 Å². The molecule has 0 spiro atoms. The first-order valence-corrected chi connectivity index (χ1v) is 7.06. The van der Waals surface area contributed by atoms with Crippen LogP contribution in [0.1, 0.15) is 11.1 Å². The van der Waals surface area contributed by atoms with E-state index in [1.165, 1.54) is 16.5 Å². The second-order valence-corrected chi connectivity index (χ2v) is 5.82. The number of likely N-dealkylation sites (N-methyl/N-ethyl adjacent to an activating group) is 1. The van der Waals surface area contributed by atoms with Gasteiger partial charge in [-0.05, 0) is 31.2 Å². The van der Waals surface area contributed by atoms with Gasteiger partial charge in [0.15, 0.2) is 0 Å². The minimum absolute atomic E-state index is 0.476. The molecule has 0 saturated heterocycles. The largest absolute Gasteiger partial charge is 0.505 e. The van der Waals surface area contributed by atoms with Crippen LogP contribution in [0.3, 0.4) is 0 Å². The molecular weight excluding hydrogens is 248 g/mol. The van der Waals surface area contributed by atoms with Crippen LogP contribution in [0, 0.1) is 0 Å². The van der Waals surface area contributed by atoms with Crippen molar-refractivity contribution >= 4 is 21.8 Å². The number of fused-ring (bicyclic) bond motifs is 4. The highest BCUT2D eigenvalue weighted by atomic mass is 16.3. The second kappa shape index (κ2) is 4.00. The number of aryl methyl sites for hydroxylation is 1. The van der Waals surface area contributed by atoms with Crippen LogP contribution in [-0.4, -0.2) is 28.2 Å². The molecule has 3 nitrogen and oxygen atoms in total. The molecule has 102 valence electrons. The van der Waals surface area contributed by atoms with Gasteiger partial charge in [0.1, 0.15) is 5.75 Å². The third-order valence-corrected chi connectivity index (χ3v) is 4.55. The van der Waals surface area contributed by atoms with Crippen LogP contribution in [0.4, 0.5) is 0 Å². The van der Waals surface area contributed by atoms with Gasteiger partial charge >= 0.3 is 0 Å². The average molecular weight is 266 g/mol. The third kappa shape index (κ3) is 1.44. The Morgan fingerprint density at radius 1 is 1.10 bits per heavy atom. The van der Waals surface area contributed by atoms with Crippen LogP contribution in [0.25, 0.3) is 21.8 Å². The summed E-state index contributed by atoms with van der Waals surface area (Å²) in [5.41, 5.74) is 4.53. The summed E-state index contributed by atoms with van der Waals surface area (Å²) >= 11 is 0. The molecule has 0 atom stereocenters. The minimum Gasteiger partial charge on any atom is -0.505 e. The Kier molecular flexibility index (Phi) is 2.36. The van der Waals surface area contributed by atoms with Gasteiger partial charge in [0, 0.05) is 42.0 Å². The maximum Gasteiger partial charge on any atom is 0.143 e. The number of phenolic OH excluding ortho intramolecular Hbond substituents is 1. The lowest BCUT2D eigenvalue weighted by molar-refractivity contribution is 0.309. The zero-order valence-electron chi connectivity index (χ0n) is 11.8. The smallest absolute Gasteiger partial charge is 0.143 e. The summed E-state index contributed by atoms with van der Waals surface area (Å²) in [6.45, 7) is 1.93. The molecule has 1 aliphatic rings. The Bertz CT molecular complexity index is 832. The zero-order valence-corrected chi connectivity index (χ0v) is 11.8. The van der Waals surface area contributed by atoms with Gasteiger partial charge < -0.3 is 14.6 Å². The first kappa shape index (κ1) is 11.8. The molecule has 2 aromatic carbocycles. The van der Waals surface area contributed by atoms with E-state index in [-0.39, 0.29) is 0 Å². The summed E-state index contributed by atoms with van der Waals surface area (Å²) in [6.07, 6.45) is 0.926. The number of benzene rings is 2. The topological polar surface area (TPSA) is 28.4 Å². The number of rotatable bonds is 0. The van der Waals surface area contributed by atoms with Crippen LogP contribution in [0.2, 0.25) is 0 Å². The first-order chi connectivity index (χ1) is 9.66. The Morgan fingerprint density at radius 3 is 2.75 bits per heavy atom. The summed E-state index contributed by atoms with van der Waals surface area (Å²) in [7, 11) is 4.17. The van der Waals surface area contributed by atoms with Crippen molar-refractivity contribution in [1.82, 2.24) is 9.47 Å². The number of nitrogens with zero attached hydrogens (tertiary/aromatic N) is 2. The molecule has 0 bridgehead atoms. The second-order valence-electron chi connectivity index (χ2n) is 5.82. The van der Waals surface area contributed by atoms with E-state index in [1.54, 1.807) is 0 Å². The van der Waals surface area contributed by atoms with Crippen molar-refractivity contribution in [3.05, 3.63) is 41.5 Å². The van der Waals surface area contributed by atoms with E-state index in [0.29, 0.717) is 5.75 Å². The van der Waals surface area contributed by atoms with Crippen LogP contribution in [0.5, 0.6) is 5.75 Å². The van der Waals surface area contributed by atoms with Gasteiger partial charge in [0.2, 0.25) is 0 Å². The number of phenols is 1. The lowest BCUT2D eigenvalue weighted by Crippen LogP contribution is -2.26. The summed E-state index contributed by atoms with van der Waals surface area (Å²) < 4.78 is 2.11. The summed E-state index contributed by atoms with van der Waals surface area (Å²) in [6, 6.07) is 10.6. The number of aromatic hydroxyl groups is 1. The van der Waals surface area contributed by atoms with Crippen molar-refractivity contribution in [2.24, 2.45) is 7.05 Å². The average Bonchev–Trinajstić information content (AvgIpc) is 2.73. The van der Waals surface area contributed by atoms with E-state index < -0.39 is 0 Å². The van der Waals surface area contributed by atoms with Crippen molar-refractivity contribution in [2.75, 3.05) is 13.6 Å². The number of hydrogen-bond donors (Lipinski definition) is 1. The minimum atomic E-state index is 0.476. The summed E-state index contributed by atoms with van der Waals surface area (Å²) in [4.78, 5) is 2.30. The third-order valence-electron chi connectivity index (χ3n) is 4.55. The predicted octanol–water partition coefficient (Wildman–Crippen LogP) is 3.03. The zero-order chi connectivity index (χ0) is 13.9. The Morgan fingerprint density at radius 2 is 1.90 bits per heavy atom. The highest BCUT2D eigenvalue weighted by Crippen LogP contribution is 2.39. The van der Waals surface area contributed by atoms with E-state index in [2.05, 4.69) is 40.8 Å². The van der Waals surface area contributed by atoms with Crippen molar-refractivity contribution in [2.45, 2.75) is 13.0 Å². The highest BCUT2D eigenvalue weighted by molar-refractivity contribution is 6.10. The van der Waals surface area contributed by atoms with Gasteiger partial charge in [-0.3, -0.25) is 0 Å². The van der Waals surface area contributed by atoms with Gasteiger partial charge in [-0.2, -0.15) is 0 Å². The Balaban J connectivity index is 2.16. The maximum absolute atomic E-state index is 10.7. The molecule has 1 N–H and O–H groups in total. The van der Waals surface area contributed by atoms with Crippen LogP contribution >= 0.6 is 0 Å². The fraction of sp³-hybridized carbons (Fsp3) is 0.294. The monoisotopic (exact) mass is 266 g/mol. The molecule has 1 aromatic heterocycles. The van der Waals surface area contributed by atoms with Crippen LogP contribution in [-0.2, 0) is 20.0 Å². The molecule has 4 rings (SSSR count). The number of para-hydroxylation sites is 1. The fourth-order valence-electron chi connectivity index (χ4n) is 3.50. The molecule has 20 heavy (non-hydrogen) atoms. The van der Waals surface area contributed by atoms with Crippen molar-refractivity contribution in [1.29, 1.82) is 0 Å². The van der Waals surface area contributed by atoms with Gasteiger partial charge in [0.25, 0.3) is 0 Å². The summed E-state index contributed by atoms with van der Waals surface area (Å²) in [5, 5.41) is 13.1.